The molecule has 0 bridgehead atoms. The van der Waals surface area contributed by atoms with Crippen molar-refractivity contribution in [3.8, 4) is 0 Å². The van der Waals surface area contributed by atoms with Gasteiger partial charge in [0.25, 0.3) is 0 Å². The number of rotatable bonds is 5. The lowest BCUT2D eigenvalue weighted by Crippen LogP contribution is -2.39. The summed E-state index contributed by atoms with van der Waals surface area (Å²) in [5, 5.41) is 0.756. The Balaban J connectivity index is 2.05. The van der Waals surface area contributed by atoms with Crippen molar-refractivity contribution in [1.82, 2.24) is 4.31 Å². The van der Waals surface area contributed by atoms with Gasteiger partial charge in [0.2, 0.25) is 10.0 Å². The molecule has 1 fully saturated rings. The number of sulfonamides is 1. The van der Waals surface area contributed by atoms with Crippen molar-refractivity contribution >= 4 is 26.0 Å². The molecule has 21 heavy (non-hydrogen) atoms. The van der Waals surface area contributed by atoms with Crippen molar-refractivity contribution in [1.29, 1.82) is 0 Å². The zero-order chi connectivity index (χ0) is 15.5. The van der Waals surface area contributed by atoms with Crippen LogP contribution in [0.15, 0.2) is 24.3 Å². The highest BCUT2D eigenvalue weighted by molar-refractivity contribution is 9.09. The fourth-order valence-electron chi connectivity index (χ4n) is 2.97. The second-order valence-corrected chi connectivity index (χ2v) is 8.40. The molecule has 6 heteroatoms. The molecule has 118 valence electrons. The first-order valence-electron chi connectivity index (χ1n) is 7.16. The molecule has 0 radical (unpaired) electrons. The van der Waals surface area contributed by atoms with E-state index in [1.54, 1.807) is 16.4 Å². The Morgan fingerprint density at radius 2 is 2.24 bits per heavy atom. The fraction of sp³-hybridized carbons (Fsp3) is 0.600. The summed E-state index contributed by atoms with van der Waals surface area (Å²) in [5.41, 5.74) is 0.975. The lowest BCUT2D eigenvalue weighted by atomic mass is 9.86. The Bertz CT molecular complexity index is 579. The molecule has 0 aromatic heterocycles. The topological polar surface area (TPSA) is 37.4 Å². The van der Waals surface area contributed by atoms with Gasteiger partial charge in [0.15, 0.2) is 0 Å². The van der Waals surface area contributed by atoms with Gasteiger partial charge >= 0.3 is 0 Å². The van der Waals surface area contributed by atoms with Gasteiger partial charge in [0.05, 0.1) is 6.26 Å². The summed E-state index contributed by atoms with van der Waals surface area (Å²) in [5.74, 6) is 0.323. The summed E-state index contributed by atoms with van der Waals surface area (Å²) in [6.07, 6.45) is 4.07. The van der Waals surface area contributed by atoms with Crippen LogP contribution in [0.25, 0.3) is 0 Å². The second-order valence-electron chi connectivity index (χ2n) is 5.77. The predicted octanol–water partition coefficient (Wildman–Crippen LogP) is 3.37. The Morgan fingerprint density at radius 3 is 2.86 bits per heavy atom. The van der Waals surface area contributed by atoms with E-state index >= 15 is 0 Å². The van der Waals surface area contributed by atoms with Crippen LogP contribution in [0, 0.1) is 11.7 Å². The van der Waals surface area contributed by atoms with Gasteiger partial charge in [-0.05, 0) is 48.8 Å². The Labute approximate surface area is 134 Å². The highest BCUT2D eigenvalue weighted by atomic mass is 79.9. The van der Waals surface area contributed by atoms with Crippen LogP contribution >= 0.6 is 15.9 Å². The third kappa shape index (κ3) is 4.76. The minimum absolute atomic E-state index is 0.213. The quantitative estimate of drug-likeness (QED) is 0.737. The number of nitrogens with zero attached hydrogens (tertiary/aromatic N) is 1. The monoisotopic (exact) mass is 377 g/mol. The normalized spacial score (nSPS) is 22.1. The molecule has 0 saturated carbocycles. The van der Waals surface area contributed by atoms with E-state index in [0.29, 0.717) is 19.0 Å². The Hall–Kier alpha value is -0.460. The number of alkyl halides is 1. The third-order valence-electron chi connectivity index (χ3n) is 4.07. The van der Waals surface area contributed by atoms with Crippen molar-refractivity contribution in [2.24, 2.45) is 5.92 Å². The van der Waals surface area contributed by atoms with Crippen molar-refractivity contribution in [3.63, 3.8) is 0 Å². The number of piperidine rings is 1. The third-order valence-corrected chi connectivity index (χ3v) is 6.13. The molecule has 2 unspecified atom stereocenters. The standard InChI is InChI=1S/C15H21BrFNO2S/c1-21(19,20)18-7-3-4-12(11-18)8-14(10-16)13-5-2-6-15(17)9-13/h2,5-6,9,12,14H,3-4,7-8,10-11H2,1H3. The summed E-state index contributed by atoms with van der Waals surface area (Å²) in [6, 6.07) is 6.68. The maximum Gasteiger partial charge on any atom is 0.211 e. The minimum Gasteiger partial charge on any atom is -0.213 e. The van der Waals surface area contributed by atoms with Gasteiger partial charge in [-0.3, -0.25) is 0 Å². The molecule has 1 aliphatic rings. The first-order chi connectivity index (χ1) is 9.90. The van der Waals surface area contributed by atoms with Gasteiger partial charge in [0, 0.05) is 18.4 Å². The lowest BCUT2D eigenvalue weighted by molar-refractivity contribution is 0.249. The van der Waals surface area contributed by atoms with Crippen molar-refractivity contribution in [3.05, 3.63) is 35.6 Å². The molecule has 0 spiro atoms. The average molecular weight is 378 g/mol. The largest absolute Gasteiger partial charge is 0.213 e. The molecular weight excluding hydrogens is 357 g/mol. The van der Waals surface area contributed by atoms with Gasteiger partial charge in [-0.15, -0.1) is 0 Å². The molecule has 1 aromatic rings. The van der Waals surface area contributed by atoms with Crippen LogP contribution < -0.4 is 0 Å². The van der Waals surface area contributed by atoms with Crippen LogP contribution in [0.5, 0.6) is 0 Å². The van der Waals surface area contributed by atoms with E-state index in [0.717, 1.165) is 30.2 Å². The van der Waals surface area contributed by atoms with E-state index < -0.39 is 10.0 Å². The van der Waals surface area contributed by atoms with E-state index in [9.17, 15) is 12.8 Å². The summed E-state index contributed by atoms with van der Waals surface area (Å²) in [4.78, 5) is 0. The first-order valence-corrected chi connectivity index (χ1v) is 10.1. The molecule has 2 rings (SSSR count). The second kappa shape index (κ2) is 7.20. The minimum atomic E-state index is -3.11. The smallest absolute Gasteiger partial charge is 0.211 e. The van der Waals surface area contributed by atoms with Crippen molar-refractivity contribution in [2.45, 2.75) is 25.2 Å². The highest BCUT2D eigenvalue weighted by Gasteiger charge is 2.27. The molecular formula is C15H21BrFNO2S. The van der Waals surface area contributed by atoms with Gasteiger partial charge in [-0.1, -0.05) is 28.1 Å². The molecule has 0 amide bonds. The van der Waals surface area contributed by atoms with Gasteiger partial charge in [0.1, 0.15) is 5.82 Å². The van der Waals surface area contributed by atoms with E-state index in [4.69, 9.17) is 0 Å². The average Bonchev–Trinajstić information content (AvgIpc) is 2.44. The number of hydrogen-bond acceptors (Lipinski definition) is 2. The Kier molecular flexibility index (Phi) is 5.80. The predicted molar refractivity (Wildman–Crippen MR) is 86.7 cm³/mol. The van der Waals surface area contributed by atoms with E-state index in [-0.39, 0.29) is 11.7 Å². The maximum atomic E-state index is 13.4. The van der Waals surface area contributed by atoms with Crippen LogP contribution in [0.4, 0.5) is 4.39 Å². The maximum absolute atomic E-state index is 13.4. The summed E-state index contributed by atoms with van der Waals surface area (Å²) >= 11 is 3.50. The summed E-state index contributed by atoms with van der Waals surface area (Å²) in [7, 11) is -3.11. The Morgan fingerprint density at radius 1 is 1.48 bits per heavy atom. The molecule has 0 N–H and O–H groups in total. The zero-order valence-electron chi connectivity index (χ0n) is 12.1. The van der Waals surface area contributed by atoms with Crippen LogP contribution in [-0.2, 0) is 10.0 Å². The van der Waals surface area contributed by atoms with Crippen LogP contribution in [0.2, 0.25) is 0 Å². The molecule has 2 atom stereocenters. The molecule has 3 nitrogen and oxygen atoms in total. The SMILES string of the molecule is CS(=O)(=O)N1CCCC(CC(CBr)c2cccc(F)c2)C1. The molecule has 1 aliphatic heterocycles. The van der Waals surface area contributed by atoms with Gasteiger partial charge in [-0.2, -0.15) is 0 Å². The van der Waals surface area contributed by atoms with E-state index in [1.807, 2.05) is 6.07 Å². The van der Waals surface area contributed by atoms with Crippen molar-refractivity contribution in [2.75, 3.05) is 24.7 Å². The zero-order valence-corrected chi connectivity index (χ0v) is 14.5. The summed E-state index contributed by atoms with van der Waals surface area (Å²) < 4.78 is 38.3. The van der Waals surface area contributed by atoms with Gasteiger partial charge in [-0.25, -0.2) is 17.1 Å². The highest BCUT2D eigenvalue weighted by Crippen LogP contribution is 2.31. The molecule has 1 saturated heterocycles. The summed E-state index contributed by atoms with van der Waals surface area (Å²) in [6.45, 7) is 1.20. The van der Waals surface area contributed by atoms with E-state index in [2.05, 4.69) is 15.9 Å². The van der Waals surface area contributed by atoms with Gasteiger partial charge < -0.3 is 0 Å². The molecule has 1 aromatic carbocycles. The molecule has 0 aliphatic carbocycles. The number of halogens is 2. The number of hydrogen-bond donors (Lipinski definition) is 0. The first kappa shape index (κ1) is 16.9. The fourth-order valence-corrected chi connectivity index (χ4v) is 4.55. The lowest BCUT2D eigenvalue weighted by Gasteiger charge is -2.32. The molecule has 1 heterocycles. The van der Waals surface area contributed by atoms with Crippen LogP contribution in [-0.4, -0.2) is 37.4 Å². The van der Waals surface area contributed by atoms with Crippen LogP contribution in [0.1, 0.15) is 30.7 Å². The van der Waals surface area contributed by atoms with Crippen molar-refractivity contribution < 1.29 is 12.8 Å². The van der Waals surface area contributed by atoms with E-state index in [1.165, 1.54) is 12.3 Å². The number of benzene rings is 1. The van der Waals surface area contributed by atoms with Crippen LogP contribution in [0.3, 0.4) is 0 Å².